The van der Waals surface area contributed by atoms with Crippen LogP contribution < -0.4 is 25.4 Å². The van der Waals surface area contributed by atoms with Gasteiger partial charge in [-0.3, -0.25) is 9.59 Å². The van der Waals surface area contributed by atoms with Gasteiger partial charge in [-0.15, -0.1) is 0 Å². The summed E-state index contributed by atoms with van der Waals surface area (Å²) >= 11 is 0. The first-order valence-electron chi connectivity index (χ1n) is 10.2. The molecule has 2 aliphatic rings. The molecule has 2 amide bonds. The summed E-state index contributed by atoms with van der Waals surface area (Å²) in [5.74, 6) is 1.47. The molecule has 0 spiro atoms. The van der Waals surface area contributed by atoms with Crippen molar-refractivity contribution in [3.63, 3.8) is 0 Å². The van der Waals surface area contributed by atoms with Crippen LogP contribution in [0.1, 0.15) is 44.6 Å². The Morgan fingerprint density at radius 2 is 1.86 bits per heavy atom. The monoisotopic (exact) mass is 389 g/mol. The van der Waals surface area contributed by atoms with E-state index >= 15 is 0 Å². The minimum Gasteiger partial charge on any atom is -0.493 e. The molecule has 0 aliphatic carbocycles. The number of methoxy groups -OCH3 is 1. The normalized spacial score (nSPS) is 23.1. The number of carbonyl (C=O) groups excluding carboxylic acids is 2. The van der Waals surface area contributed by atoms with Gasteiger partial charge in [0.2, 0.25) is 5.91 Å². The lowest BCUT2D eigenvalue weighted by Crippen LogP contribution is -2.39. The Kier molecular flexibility index (Phi) is 7.14. The Morgan fingerprint density at radius 1 is 1.11 bits per heavy atom. The molecule has 7 heteroatoms. The third kappa shape index (κ3) is 5.61. The van der Waals surface area contributed by atoms with Crippen LogP contribution in [0.4, 0.5) is 0 Å². The van der Waals surface area contributed by atoms with Gasteiger partial charge in [0.1, 0.15) is 0 Å². The van der Waals surface area contributed by atoms with Crippen molar-refractivity contribution in [1.29, 1.82) is 0 Å². The van der Waals surface area contributed by atoms with E-state index in [-0.39, 0.29) is 18.4 Å². The fourth-order valence-corrected chi connectivity index (χ4v) is 4.21. The van der Waals surface area contributed by atoms with Crippen LogP contribution in [0.2, 0.25) is 0 Å². The van der Waals surface area contributed by atoms with E-state index in [0.717, 1.165) is 18.4 Å². The van der Waals surface area contributed by atoms with Crippen molar-refractivity contribution in [2.45, 2.75) is 57.7 Å². The van der Waals surface area contributed by atoms with Crippen LogP contribution in [0.3, 0.4) is 0 Å². The Morgan fingerprint density at radius 3 is 2.54 bits per heavy atom. The van der Waals surface area contributed by atoms with Crippen molar-refractivity contribution in [2.24, 2.45) is 5.92 Å². The van der Waals surface area contributed by atoms with Crippen LogP contribution in [0.15, 0.2) is 18.2 Å². The number of piperidine rings is 1. The summed E-state index contributed by atoms with van der Waals surface area (Å²) in [5.41, 5.74) is 0.931. The van der Waals surface area contributed by atoms with Gasteiger partial charge in [-0.2, -0.15) is 0 Å². The highest BCUT2D eigenvalue weighted by atomic mass is 16.5. The zero-order valence-electron chi connectivity index (χ0n) is 16.8. The van der Waals surface area contributed by atoms with Gasteiger partial charge < -0.3 is 25.4 Å². The second kappa shape index (κ2) is 9.78. The standard InChI is InChI=1S/C21H31N3O4/c1-3-22-21(26)13-28-18-7-4-14(10-19(18)27-2)12-23-20(25)11-15-8-16-5-6-17(9-15)24-16/h4,7,10,15-17,24H,3,5-6,8-9,11-13H2,1-2H3,(H,22,26)(H,23,25). The first-order chi connectivity index (χ1) is 13.6. The topological polar surface area (TPSA) is 88.7 Å². The van der Waals surface area contributed by atoms with Crippen LogP contribution in [-0.2, 0) is 16.1 Å². The van der Waals surface area contributed by atoms with Crippen molar-refractivity contribution in [2.75, 3.05) is 20.3 Å². The number of nitrogens with one attached hydrogen (secondary N) is 3. The molecule has 0 aromatic heterocycles. The summed E-state index contributed by atoms with van der Waals surface area (Å²) in [5, 5.41) is 9.31. The number of fused-ring (bicyclic) bond motifs is 2. The number of ether oxygens (including phenoxy) is 2. The fraction of sp³-hybridized carbons (Fsp3) is 0.619. The van der Waals surface area contributed by atoms with E-state index in [1.54, 1.807) is 13.2 Å². The maximum atomic E-state index is 12.3. The summed E-state index contributed by atoms with van der Waals surface area (Å²) in [6, 6.07) is 6.68. The molecule has 154 valence electrons. The molecular formula is C21H31N3O4. The molecule has 0 saturated carbocycles. The van der Waals surface area contributed by atoms with Gasteiger partial charge in [-0.05, 0) is 56.2 Å². The average Bonchev–Trinajstić information content (AvgIpc) is 3.03. The number of hydrogen-bond acceptors (Lipinski definition) is 5. The molecule has 2 bridgehead atoms. The summed E-state index contributed by atoms with van der Waals surface area (Å²) in [6.45, 7) is 2.82. The molecule has 2 fully saturated rings. The SMILES string of the molecule is CCNC(=O)COc1ccc(CNC(=O)CC2CC3CCC(C2)N3)cc1OC. The molecule has 3 N–H and O–H groups in total. The molecular weight excluding hydrogens is 358 g/mol. The lowest BCUT2D eigenvalue weighted by atomic mass is 9.89. The van der Waals surface area contributed by atoms with E-state index < -0.39 is 0 Å². The molecule has 2 heterocycles. The third-order valence-corrected chi connectivity index (χ3v) is 5.50. The molecule has 2 aliphatic heterocycles. The lowest BCUT2D eigenvalue weighted by molar-refractivity contribution is -0.123. The summed E-state index contributed by atoms with van der Waals surface area (Å²) in [7, 11) is 1.56. The molecule has 1 aromatic rings. The van der Waals surface area contributed by atoms with Crippen molar-refractivity contribution < 1.29 is 19.1 Å². The van der Waals surface area contributed by atoms with E-state index in [4.69, 9.17) is 9.47 Å². The number of amides is 2. The summed E-state index contributed by atoms with van der Waals surface area (Å²) in [6.07, 6.45) is 5.30. The van der Waals surface area contributed by atoms with Crippen molar-refractivity contribution in [3.05, 3.63) is 23.8 Å². The molecule has 2 unspecified atom stereocenters. The van der Waals surface area contributed by atoms with Crippen LogP contribution in [0.25, 0.3) is 0 Å². The predicted octanol–water partition coefficient (Wildman–Crippen LogP) is 1.75. The van der Waals surface area contributed by atoms with E-state index in [1.165, 1.54) is 12.8 Å². The van der Waals surface area contributed by atoms with Gasteiger partial charge in [0.25, 0.3) is 5.91 Å². The van der Waals surface area contributed by atoms with Gasteiger partial charge >= 0.3 is 0 Å². The van der Waals surface area contributed by atoms with Gasteiger partial charge in [0.05, 0.1) is 7.11 Å². The fourth-order valence-electron chi connectivity index (χ4n) is 4.21. The highest BCUT2D eigenvalue weighted by Crippen LogP contribution is 2.32. The van der Waals surface area contributed by atoms with E-state index in [0.29, 0.717) is 49.0 Å². The van der Waals surface area contributed by atoms with Crippen molar-refractivity contribution >= 4 is 11.8 Å². The van der Waals surface area contributed by atoms with E-state index in [9.17, 15) is 9.59 Å². The zero-order chi connectivity index (χ0) is 19.9. The summed E-state index contributed by atoms with van der Waals surface area (Å²) in [4.78, 5) is 23.9. The van der Waals surface area contributed by atoms with Gasteiger partial charge in [0.15, 0.2) is 18.1 Å². The molecule has 28 heavy (non-hydrogen) atoms. The lowest BCUT2D eigenvalue weighted by Gasteiger charge is -2.28. The maximum Gasteiger partial charge on any atom is 0.257 e. The van der Waals surface area contributed by atoms with Crippen LogP contribution in [-0.4, -0.2) is 44.2 Å². The second-order valence-corrected chi connectivity index (χ2v) is 7.68. The molecule has 2 atom stereocenters. The van der Waals surface area contributed by atoms with Gasteiger partial charge in [-0.1, -0.05) is 6.07 Å². The van der Waals surface area contributed by atoms with Crippen LogP contribution in [0.5, 0.6) is 11.5 Å². The average molecular weight is 389 g/mol. The first-order valence-corrected chi connectivity index (χ1v) is 10.2. The van der Waals surface area contributed by atoms with Crippen molar-refractivity contribution in [3.8, 4) is 11.5 Å². The quantitative estimate of drug-likeness (QED) is 0.599. The molecule has 1 aromatic carbocycles. The molecule has 2 saturated heterocycles. The molecule has 7 nitrogen and oxygen atoms in total. The highest BCUT2D eigenvalue weighted by molar-refractivity contribution is 5.77. The minimum atomic E-state index is -0.174. The Labute approximate surface area is 166 Å². The highest BCUT2D eigenvalue weighted by Gasteiger charge is 2.34. The smallest absolute Gasteiger partial charge is 0.257 e. The molecule has 0 radical (unpaired) electrons. The number of hydrogen-bond donors (Lipinski definition) is 3. The number of benzene rings is 1. The number of likely N-dealkylation sites (N-methyl/N-ethyl adjacent to an activating group) is 1. The minimum absolute atomic E-state index is 0.0570. The predicted molar refractivity (Wildman–Crippen MR) is 106 cm³/mol. The third-order valence-electron chi connectivity index (χ3n) is 5.50. The Bertz CT molecular complexity index is 682. The second-order valence-electron chi connectivity index (χ2n) is 7.68. The number of carbonyl (C=O) groups is 2. The van der Waals surface area contributed by atoms with Gasteiger partial charge in [0, 0.05) is 31.6 Å². The first kappa shape index (κ1) is 20.5. The Balaban J connectivity index is 1.47. The van der Waals surface area contributed by atoms with Crippen LogP contribution in [0, 0.1) is 5.92 Å². The number of rotatable bonds is 9. The van der Waals surface area contributed by atoms with E-state index in [2.05, 4.69) is 16.0 Å². The summed E-state index contributed by atoms with van der Waals surface area (Å²) < 4.78 is 10.9. The largest absolute Gasteiger partial charge is 0.493 e. The van der Waals surface area contributed by atoms with E-state index in [1.807, 2.05) is 19.1 Å². The van der Waals surface area contributed by atoms with Gasteiger partial charge in [-0.25, -0.2) is 0 Å². The zero-order valence-corrected chi connectivity index (χ0v) is 16.8. The molecule has 3 rings (SSSR count). The maximum absolute atomic E-state index is 12.3. The Hall–Kier alpha value is -2.28. The van der Waals surface area contributed by atoms with Crippen molar-refractivity contribution in [1.82, 2.24) is 16.0 Å². The van der Waals surface area contributed by atoms with Crippen LogP contribution >= 0.6 is 0 Å².